The molecule has 8 heteroatoms. The van der Waals surface area contributed by atoms with Crippen molar-refractivity contribution in [3.63, 3.8) is 0 Å². The van der Waals surface area contributed by atoms with Gasteiger partial charge in [0.25, 0.3) is 5.91 Å². The molecule has 0 atom stereocenters. The van der Waals surface area contributed by atoms with Crippen molar-refractivity contribution in [2.24, 2.45) is 0 Å². The third kappa shape index (κ3) is 3.44. The van der Waals surface area contributed by atoms with Crippen molar-refractivity contribution in [1.29, 1.82) is 0 Å². The number of carbonyl (C=O) groups excluding carboxylic acids is 1. The Morgan fingerprint density at radius 1 is 1.21 bits per heavy atom. The van der Waals surface area contributed by atoms with E-state index in [1.54, 1.807) is 0 Å². The summed E-state index contributed by atoms with van der Waals surface area (Å²) < 4.78 is 4.12. The van der Waals surface area contributed by atoms with Crippen LogP contribution in [0.15, 0.2) is 36.4 Å². The lowest BCUT2D eigenvalue weighted by Gasteiger charge is -2.14. The Kier molecular flexibility index (Phi) is 4.63. The van der Waals surface area contributed by atoms with Gasteiger partial charge in [0.2, 0.25) is 0 Å². The summed E-state index contributed by atoms with van der Waals surface area (Å²) in [4.78, 5) is 14.5. The zero-order valence-corrected chi connectivity index (χ0v) is 17.1. The van der Waals surface area contributed by atoms with Gasteiger partial charge in [-0.1, -0.05) is 30.3 Å². The van der Waals surface area contributed by atoms with E-state index >= 15 is 0 Å². The molecule has 29 heavy (non-hydrogen) atoms. The molecule has 0 saturated carbocycles. The summed E-state index contributed by atoms with van der Waals surface area (Å²) in [7, 11) is 0. The third-order valence-corrected chi connectivity index (χ3v) is 6.50. The van der Waals surface area contributed by atoms with E-state index in [-0.39, 0.29) is 5.91 Å². The lowest BCUT2D eigenvalue weighted by Crippen LogP contribution is -2.25. The van der Waals surface area contributed by atoms with E-state index in [4.69, 9.17) is 0 Å². The number of rotatable bonds is 5. The molecule has 1 aliphatic rings. The number of benzene rings is 1. The van der Waals surface area contributed by atoms with Gasteiger partial charge in [-0.2, -0.15) is 5.10 Å². The van der Waals surface area contributed by atoms with Crippen molar-refractivity contribution in [1.82, 2.24) is 29.9 Å². The number of aryl methyl sites for hydroxylation is 2. The number of carbonyl (C=O) groups is 1. The predicted octanol–water partition coefficient (Wildman–Crippen LogP) is 3.31. The van der Waals surface area contributed by atoms with Gasteiger partial charge in [0, 0.05) is 18.4 Å². The molecule has 148 valence electrons. The van der Waals surface area contributed by atoms with E-state index < -0.39 is 0 Å². The first-order chi connectivity index (χ1) is 14.2. The number of nitrogens with one attached hydrogen (secondary N) is 1. The van der Waals surface area contributed by atoms with Crippen LogP contribution >= 0.6 is 11.3 Å². The average Bonchev–Trinajstić information content (AvgIpc) is 3.43. The van der Waals surface area contributed by atoms with E-state index in [9.17, 15) is 4.79 Å². The number of hydrogen-bond donors (Lipinski definition) is 1. The van der Waals surface area contributed by atoms with E-state index in [1.807, 2.05) is 35.9 Å². The molecule has 0 saturated heterocycles. The highest BCUT2D eigenvalue weighted by molar-refractivity contribution is 7.20. The first kappa shape index (κ1) is 18.1. The molecule has 1 aliphatic heterocycles. The SMILES string of the molecule is Cc1nn(Cc2ccccc2)c2sc(C(=O)NCc3nnc4n3CCCC4)cc12. The van der Waals surface area contributed by atoms with Gasteiger partial charge >= 0.3 is 0 Å². The van der Waals surface area contributed by atoms with Crippen LogP contribution in [0.4, 0.5) is 0 Å². The van der Waals surface area contributed by atoms with E-state index in [1.165, 1.54) is 16.9 Å². The quantitative estimate of drug-likeness (QED) is 0.552. The molecule has 0 aliphatic carbocycles. The Hall–Kier alpha value is -3.00. The molecule has 0 spiro atoms. The van der Waals surface area contributed by atoms with Crippen molar-refractivity contribution in [2.75, 3.05) is 0 Å². The predicted molar refractivity (Wildman–Crippen MR) is 112 cm³/mol. The van der Waals surface area contributed by atoms with Crippen LogP contribution in [-0.2, 0) is 26.1 Å². The summed E-state index contributed by atoms with van der Waals surface area (Å²) >= 11 is 1.48. The summed E-state index contributed by atoms with van der Waals surface area (Å²) in [5.41, 5.74) is 2.13. The van der Waals surface area contributed by atoms with Crippen molar-refractivity contribution < 1.29 is 4.79 Å². The maximum Gasteiger partial charge on any atom is 0.261 e. The molecule has 0 unspecified atom stereocenters. The third-order valence-electron chi connectivity index (χ3n) is 5.35. The number of thiophene rings is 1. The van der Waals surface area contributed by atoms with E-state index in [0.29, 0.717) is 18.0 Å². The van der Waals surface area contributed by atoms with Gasteiger partial charge in [-0.25, -0.2) is 0 Å². The minimum Gasteiger partial charge on any atom is -0.344 e. The minimum atomic E-state index is -0.0787. The fourth-order valence-electron chi connectivity index (χ4n) is 3.83. The molecular weight excluding hydrogens is 384 g/mol. The summed E-state index contributed by atoms with van der Waals surface area (Å²) in [6, 6.07) is 12.2. The Bertz CT molecular complexity index is 1170. The Labute approximate surface area is 172 Å². The summed E-state index contributed by atoms with van der Waals surface area (Å²) in [6.45, 7) is 4.01. The number of fused-ring (bicyclic) bond motifs is 2. The zero-order valence-electron chi connectivity index (χ0n) is 16.3. The molecule has 0 radical (unpaired) electrons. The highest BCUT2D eigenvalue weighted by Gasteiger charge is 2.19. The van der Waals surface area contributed by atoms with Crippen LogP contribution in [0, 0.1) is 6.92 Å². The van der Waals surface area contributed by atoms with Gasteiger partial charge in [-0.15, -0.1) is 21.5 Å². The van der Waals surface area contributed by atoms with Crippen LogP contribution in [-0.4, -0.2) is 30.5 Å². The molecule has 1 amide bonds. The van der Waals surface area contributed by atoms with E-state index in [0.717, 1.165) is 53.4 Å². The largest absolute Gasteiger partial charge is 0.344 e. The fourth-order valence-corrected chi connectivity index (χ4v) is 4.91. The van der Waals surface area contributed by atoms with Gasteiger partial charge in [0.15, 0.2) is 5.82 Å². The van der Waals surface area contributed by atoms with Crippen LogP contribution < -0.4 is 5.32 Å². The first-order valence-electron chi connectivity index (χ1n) is 9.89. The molecule has 4 aromatic rings. The Morgan fingerprint density at radius 2 is 2.07 bits per heavy atom. The normalized spacial score (nSPS) is 13.6. The molecule has 3 aromatic heterocycles. The standard InChI is InChI=1S/C21H22N6OS/c1-14-16-11-17(29-21(16)27(25-14)13-15-7-3-2-4-8-15)20(28)22-12-19-24-23-18-9-5-6-10-26(18)19/h2-4,7-8,11H,5-6,9-10,12-13H2,1H3,(H,22,28). The smallest absolute Gasteiger partial charge is 0.261 e. The topological polar surface area (TPSA) is 77.6 Å². The van der Waals surface area contributed by atoms with Crippen molar-refractivity contribution >= 4 is 27.5 Å². The van der Waals surface area contributed by atoms with Gasteiger partial charge in [0.05, 0.1) is 23.7 Å². The fraction of sp³-hybridized carbons (Fsp3) is 0.333. The molecule has 0 fully saturated rings. The van der Waals surface area contributed by atoms with E-state index in [2.05, 4.69) is 37.3 Å². The molecular formula is C21H22N6OS. The van der Waals surface area contributed by atoms with Crippen LogP contribution in [0.2, 0.25) is 0 Å². The molecule has 1 aromatic carbocycles. The summed E-state index contributed by atoms with van der Waals surface area (Å²) in [5.74, 6) is 1.78. The van der Waals surface area contributed by atoms with Crippen molar-refractivity contribution in [3.05, 3.63) is 64.2 Å². The first-order valence-corrected chi connectivity index (χ1v) is 10.7. The second-order valence-electron chi connectivity index (χ2n) is 7.38. The molecule has 4 heterocycles. The summed E-state index contributed by atoms with van der Waals surface area (Å²) in [6.07, 6.45) is 3.26. The van der Waals surface area contributed by atoms with Crippen LogP contribution in [0.5, 0.6) is 0 Å². The minimum absolute atomic E-state index is 0.0787. The lowest BCUT2D eigenvalue weighted by molar-refractivity contribution is 0.0953. The number of hydrogen-bond acceptors (Lipinski definition) is 5. The lowest BCUT2D eigenvalue weighted by atomic mass is 10.2. The maximum absolute atomic E-state index is 12.8. The van der Waals surface area contributed by atoms with Gasteiger partial charge in [-0.05, 0) is 31.4 Å². The van der Waals surface area contributed by atoms with Gasteiger partial charge in [0.1, 0.15) is 10.7 Å². The zero-order chi connectivity index (χ0) is 19.8. The molecule has 1 N–H and O–H groups in total. The Morgan fingerprint density at radius 3 is 2.93 bits per heavy atom. The number of aromatic nitrogens is 5. The average molecular weight is 407 g/mol. The molecule has 7 nitrogen and oxygen atoms in total. The van der Waals surface area contributed by atoms with Crippen LogP contribution in [0.3, 0.4) is 0 Å². The van der Waals surface area contributed by atoms with Crippen molar-refractivity contribution in [3.8, 4) is 0 Å². The van der Waals surface area contributed by atoms with Crippen molar-refractivity contribution in [2.45, 2.75) is 45.8 Å². The number of amides is 1. The van der Waals surface area contributed by atoms with Crippen LogP contribution in [0.1, 0.15) is 45.4 Å². The summed E-state index contributed by atoms with van der Waals surface area (Å²) in [5, 5.41) is 17.2. The van der Waals surface area contributed by atoms with Gasteiger partial charge < -0.3 is 9.88 Å². The van der Waals surface area contributed by atoms with Crippen LogP contribution in [0.25, 0.3) is 10.2 Å². The second kappa shape index (κ2) is 7.44. The second-order valence-corrected chi connectivity index (χ2v) is 8.41. The highest BCUT2D eigenvalue weighted by Crippen LogP contribution is 2.29. The highest BCUT2D eigenvalue weighted by atomic mass is 32.1. The maximum atomic E-state index is 12.8. The molecule has 0 bridgehead atoms. The molecule has 5 rings (SSSR count). The monoisotopic (exact) mass is 406 g/mol. The Balaban J connectivity index is 1.34. The van der Waals surface area contributed by atoms with Gasteiger partial charge in [-0.3, -0.25) is 9.48 Å². The number of nitrogens with zero attached hydrogens (tertiary/aromatic N) is 5.